The highest BCUT2D eigenvalue weighted by molar-refractivity contribution is 5.51. The number of hydrogen-bond acceptors (Lipinski definition) is 5. The Morgan fingerprint density at radius 2 is 2.43 bits per heavy atom. The molecule has 0 fully saturated rings. The highest BCUT2D eigenvalue weighted by Crippen LogP contribution is 2.18. The molecule has 0 saturated carbocycles. The van der Waals surface area contributed by atoms with Gasteiger partial charge in [-0.15, -0.1) is 0 Å². The largest absolute Gasteiger partial charge is 0.472 e. The second-order valence-electron chi connectivity index (χ2n) is 2.98. The first-order valence-electron chi connectivity index (χ1n) is 4.43. The van der Waals surface area contributed by atoms with Crippen LogP contribution in [-0.4, -0.2) is 10.1 Å². The van der Waals surface area contributed by atoms with Crippen molar-refractivity contribution in [3.8, 4) is 11.4 Å². The third-order valence-electron chi connectivity index (χ3n) is 1.98. The molecule has 0 aliphatic rings. The molecule has 2 aromatic rings. The molecule has 2 aromatic heterocycles. The highest BCUT2D eigenvalue weighted by atomic mass is 16.5. The van der Waals surface area contributed by atoms with Crippen LogP contribution in [0.5, 0.6) is 0 Å². The summed E-state index contributed by atoms with van der Waals surface area (Å²) in [5.74, 6) is 0.973. The monoisotopic (exact) mass is 193 g/mol. The highest BCUT2D eigenvalue weighted by Gasteiger charge is 2.14. The molecule has 0 spiro atoms. The summed E-state index contributed by atoms with van der Waals surface area (Å²) in [4.78, 5) is 4.16. The lowest BCUT2D eigenvalue weighted by Gasteiger charge is -1.98. The van der Waals surface area contributed by atoms with Crippen LogP contribution >= 0.6 is 0 Å². The van der Waals surface area contributed by atoms with E-state index in [0.717, 1.165) is 12.0 Å². The van der Waals surface area contributed by atoms with E-state index >= 15 is 0 Å². The minimum absolute atomic E-state index is 0.192. The van der Waals surface area contributed by atoms with Crippen LogP contribution in [0.3, 0.4) is 0 Å². The van der Waals surface area contributed by atoms with Gasteiger partial charge < -0.3 is 14.7 Å². The van der Waals surface area contributed by atoms with Gasteiger partial charge in [0.1, 0.15) is 6.26 Å². The van der Waals surface area contributed by atoms with E-state index in [0.29, 0.717) is 11.7 Å². The normalized spacial score (nSPS) is 13.0. The molecule has 0 aliphatic carbocycles. The van der Waals surface area contributed by atoms with Gasteiger partial charge in [0.2, 0.25) is 11.7 Å². The maximum atomic E-state index is 5.74. The summed E-state index contributed by atoms with van der Waals surface area (Å²) in [6, 6.07) is 1.58. The van der Waals surface area contributed by atoms with E-state index in [2.05, 4.69) is 10.1 Å². The van der Waals surface area contributed by atoms with E-state index in [1.165, 1.54) is 0 Å². The quantitative estimate of drug-likeness (QED) is 0.803. The molecule has 1 atom stereocenters. The maximum absolute atomic E-state index is 5.74. The smallest absolute Gasteiger partial charge is 0.243 e. The van der Waals surface area contributed by atoms with Crippen molar-refractivity contribution in [3.05, 3.63) is 24.5 Å². The van der Waals surface area contributed by atoms with Crippen LogP contribution in [0.2, 0.25) is 0 Å². The Morgan fingerprint density at radius 1 is 1.57 bits per heavy atom. The summed E-state index contributed by atoms with van der Waals surface area (Å²) in [6.07, 6.45) is 3.89. The van der Waals surface area contributed by atoms with Crippen LogP contribution in [0.15, 0.2) is 27.5 Å². The molecule has 0 saturated heterocycles. The Balaban J connectivity index is 2.26. The van der Waals surface area contributed by atoms with Crippen molar-refractivity contribution in [2.24, 2.45) is 5.73 Å². The molecular formula is C9H11N3O2. The molecule has 5 nitrogen and oxygen atoms in total. The maximum Gasteiger partial charge on any atom is 0.243 e. The molecule has 2 rings (SSSR count). The van der Waals surface area contributed by atoms with Gasteiger partial charge in [-0.3, -0.25) is 0 Å². The summed E-state index contributed by atoms with van der Waals surface area (Å²) in [7, 11) is 0. The van der Waals surface area contributed by atoms with Gasteiger partial charge in [-0.1, -0.05) is 12.1 Å². The average molecular weight is 193 g/mol. The molecule has 5 heteroatoms. The van der Waals surface area contributed by atoms with Crippen molar-refractivity contribution < 1.29 is 8.94 Å². The number of furan rings is 1. The molecule has 0 bridgehead atoms. The average Bonchev–Trinajstić information content (AvgIpc) is 2.86. The molecule has 0 radical (unpaired) electrons. The fourth-order valence-electron chi connectivity index (χ4n) is 1.07. The summed E-state index contributed by atoms with van der Waals surface area (Å²) in [6.45, 7) is 1.96. The molecular weight excluding hydrogens is 182 g/mol. The third kappa shape index (κ3) is 1.54. The predicted molar refractivity (Wildman–Crippen MR) is 49.2 cm³/mol. The van der Waals surface area contributed by atoms with Gasteiger partial charge in [-0.2, -0.15) is 4.98 Å². The van der Waals surface area contributed by atoms with E-state index in [1.54, 1.807) is 18.6 Å². The predicted octanol–water partition coefficient (Wildman–Crippen LogP) is 1.74. The fourth-order valence-corrected chi connectivity index (χ4v) is 1.07. The number of hydrogen-bond donors (Lipinski definition) is 1. The summed E-state index contributed by atoms with van der Waals surface area (Å²) < 4.78 is 9.93. The molecule has 2 heterocycles. The van der Waals surface area contributed by atoms with E-state index < -0.39 is 0 Å². The third-order valence-corrected chi connectivity index (χ3v) is 1.98. The number of nitrogens with two attached hydrogens (primary N) is 1. The van der Waals surface area contributed by atoms with E-state index in [-0.39, 0.29) is 6.04 Å². The van der Waals surface area contributed by atoms with Crippen LogP contribution in [0.4, 0.5) is 0 Å². The van der Waals surface area contributed by atoms with E-state index in [9.17, 15) is 0 Å². The standard InChI is InChI=1S/C9H11N3O2/c1-2-7(10)9-11-8(12-14-9)6-3-4-13-5-6/h3-5,7H,2,10H2,1H3/t7-/m1/s1. The van der Waals surface area contributed by atoms with Gasteiger partial charge in [0, 0.05) is 0 Å². The van der Waals surface area contributed by atoms with Crippen LogP contribution in [0.25, 0.3) is 11.4 Å². The molecule has 14 heavy (non-hydrogen) atoms. The van der Waals surface area contributed by atoms with Gasteiger partial charge in [-0.05, 0) is 12.5 Å². The topological polar surface area (TPSA) is 78.1 Å². The first-order chi connectivity index (χ1) is 6.81. The number of aromatic nitrogens is 2. The zero-order valence-corrected chi connectivity index (χ0v) is 7.80. The molecule has 2 N–H and O–H groups in total. The summed E-state index contributed by atoms with van der Waals surface area (Å²) in [5, 5.41) is 3.80. The van der Waals surface area contributed by atoms with Crippen molar-refractivity contribution >= 4 is 0 Å². The number of nitrogens with zero attached hydrogens (tertiary/aromatic N) is 2. The lowest BCUT2D eigenvalue weighted by atomic mass is 10.2. The van der Waals surface area contributed by atoms with Crippen molar-refractivity contribution in [1.29, 1.82) is 0 Å². The minimum Gasteiger partial charge on any atom is -0.472 e. The zero-order valence-electron chi connectivity index (χ0n) is 7.80. The lowest BCUT2D eigenvalue weighted by Crippen LogP contribution is -2.08. The molecule has 0 aliphatic heterocycles. The SMILES string of the molecule is CC[C@@H](N)c1nc(-c2ccoc2)no1. The second kappa shape index (κ2) is 3.63. The fraction of sp³-hybridized carbons (Fsp3) is 0.333. The van der Waals surface area contributed by atoms with Gasteiger partial charge in [-0.25, -0.2) is 0 Å². The number of rotatable bonds is 3. The van der Waals surface area contributed by atoms with Gasteiger partial charge >= 0.3 is 0 Å². The molecule has 74 valence electrons. The Bertz CT molecular complexity index is 394. The van der Waals surface area contributed by atoms with Crippen LogP contribution in [0, 0.1) is 0 Å². The van der Waals surface area contributed by atoms with Crippen molar-refractivity contribution in [1.82, 2.24) is 10.1 Å². The Kier molecular flexibility index (Phi) is 2.32. The van der Waals surface area contributed by atoms with Crippen LogP contribution < -0.4 is 5.73 Å². The summed E-state index contributed by atoms with van der Waals surface area (Å²) in [5.41, 5.74) is 6.54. The Hall–Kier alpha value is -1.62. The van der Waals surface area contributed by atoms with Gasteiger partial charge in [0.05, 0.1) is 17.9 Å². The van der Waals surface area contributed by atoms with Crippen molar-refractivity contribution in [2.45, 2.75) is 19.4 Å². The molecule has 0 aromatic carbocycles. The zero-order chi connectivity index (χ0) is 9.97. The Labute approximate surface area is 80.9 Å². The first-order valence-corrected chi connectivity index (χ1v) is 4.43. The second-order valence-corrected chi connectivity index (χ2v) is 2.98. The Morgan fingerprint density at radius 3 is 3.07 bits per heavy atom. The van der Waals surface area contributed by atoms with Crippen molar-refractivity contribution in [3.63, 3.8) is 0 Å². The van der Waals surface area contributed by atoms with Crippen LogP contribution in [0.1, 0.15) is 25.3 Å². The van der Waals surface area contributed by atoms with Gasteiger partial charge in [0.25, 0.3) is 0 Å². The van der Waals surface area contributed by atoms with E-state index in [4.69, 9.17) is 14.7 Å². The van der Waals surface area contributed by atoms with Crippen molar-refractivity contribution in [2.75, 3.05) is 0 Å². The first kappa shape index (κ1) is 8.96. The van der Waals surface area contributed by atoms with E-state index in [1.807, 2.05) is 6.92 Å². The lowest BCUT2D eigenvalue weighted by molar-refractivity contribution is 0.352. The van der Waals surface area contributed by atoms with Gasteiger partial charge in [0.15, 0.2) is 0 Å². The molecule has 0 amide bonds. The van der Waals surface area contributed by atoms with Crippen LogP contribution in [-0.2, 0) is 0 Å². The molecule has 0 unspecified atom stereocenters. The minimum atomic E-state index is -0.192. The summed E-state index contributed by atoms with van der Waals surface area (Å²) >= 11 is 0.